The molecule has 0 unspecified atom stereocenters. The van der Waals surface area contributed by atoms with Gasteiger partial charge in [0.25, 0.3) is 5.91 Å². The van der Waals surface area contributed by atoms with Crippen molar-refractivity contribution in [3.8, 4) is 5.69 Å². The van der Waals surface area contributed by atoms with E-state index in [1.807, 2.05) is 19.1 Å². The van der Waals surface area contributed by atoms with E-state index in [1.165, 1.54) is 24.3 Å². The van der Waals surface area contributed by atoms with Gasteiger partial charge in [-0.25, -0.2) is 9.67 Å². The maximum absolute atomic E-state index is 13.8. The molecule has 0 saturated carbocycles. The number of benzene rings is 2. The predicted molar refractivity (Wildman–Crippen MR) is 107 cm³/mol. The largest absolute Gasteiger partial charge is 0.434 e. The summed E-state index contributed by atoms with van der Waals surface area (Å²) in [4.78, 5) is 17.1. The molecule has 0 fully saturated rings. The highest BCUT2D eigenvalue weighted by Crippen LogP contribution is 2.34. The maximum Gasteiger partial charge on any atom is 0.434 e. The van der Waals surface area contributed by atoms with Crippen LogP contribution in [0.1, 0.15) is 23.0 Å². The van der Waals surface area contributed by atoms with Gasteiger partial charge in [0.2, 0.25) is 5.95 Å². The average Bonchev–Trinajstić information content (AvgIpc) is 3.29. The summed E-state index contributed by atoms with van der Waals surface area (Å²) in [6.07, 6.45) is -3.94. The molecule has 10 heteroatoms. The molecule has 0 aliphatic heterocycles. The van der Waals surface area contributed by atoms with Crippen molar-refractivity contribution in [3.05, 3.63) is 71.0 Å². The first kappa shape index (κ1) is 20.0. The summed E-state index contributed by atoms with van der Waals surface area (Å²) in [5.74, 6) is -0.798. The van der Waals surface area contributed by atoms with Gasteiger partial charge in [-0.05, 0) is 37.3 Å². The maximum atomic E-state index is 13.8. The Hall–Kier alpha value is -3.33. The number of rotatable bonds is 4. The standard InChI is InChI=1S/C20H15ClF3N5O/c1-2-28-16-9-4-3-8-15(16)26-19(28)27-18(30)14-11-25-29(17(14)20(22,23)24)13-7-5-6-12(21)10-13/h3-11H,2H2,1H3,(H,26,27,30). The molecule has 1 N–H and O–H groups in total. The lowest BCUT2D eigenvalue weighted by Crippen LogP contribution is -2.22. The number of alkyl halides is 3. The molecule has 2 heterocycles. The number of anilines is 1. The van der Waals surface area contributed by atoms with Crippen LogP contribution in [0.2, 0.25) is 5.02 Å². The Morgan fingerprint density at radius 3 is 2.63 bits per heavy atom. The number of para-hydroxylation sites is 2. The monoisotopic (exact) mass is 433 g/mol. The van der Waals surface area contributed by atoms with Gasteiger partial charge < -0.3 is 4.57 Å². The van der Waals surface area contributed by atoms with Crippen molar-refractivity contribution in [2.75, 3.05) is 5.32 Å². The molecule has 30 heavy (non-hydrogen) atoms. The zero-order valence-electron chi connectivity index (χ0n) is 15.6. The van der Waals surface area contributed by atoms with Crippen molar-refractivity contribution in [2.24, 2.45) is 0 Å². The molecule has 4 aromatic rings. The van der Waals surface area contributed by atoms with Crippen molar-refractivity contribution in [1.29, 1.82) is 0 Å². The molecule has 154 valence electrons. The molecular formula is C20H15ClF3N5O. The Balaban J connectivity index is 1.77. The third-order valence-corrected chi connectivity index (χ3v) is 4.77. The fraction of sp³-hybridized carbons (Fsp3) is 0.150. The number of hydrogen-bond acceptors (Lipinski definition) is 3. The number of aromatic nitrogens is 4. The number of halogens is 4. The number of carbonyl (C=O) groups is 1. The van der Waals surface area contributed by atoms with E-state index >= 15 is 0 Å². The van der Waals surface area contributed by atoms with Crippen LogP contribution in [0.15, 0.2) is 54.7 Å². The molecule has 6 nitrogen and oxygen atoms in total. The third-order valence-electron chi connectivity index (χ3n) is 4.53. The number of nitrogens with zero attached hydrogens (tertiary/aromatic N) is 4. The Bertz CT molecular complexity index is 1240. The minimum atomic E-state index is -4.82. The summed E-state index contributed by atoms with van der Waals surface area (Å²) in [6, 6.07) is 13.0. The number of amides is 1. The summed E-state index contributed by atoms with van der Waals surface area (Å²) >= 11 is 5.90. The summed E-state index contributed by atoms with van der Waals surface area (Å²) in [5, 5.41) is 6.53. The zero-order chi connectivity index (χ0) is 21.5. The first-order chi connectivity index (χ1) is 14.3. The van der Waals surface area contributed by atoms with Crippen LogP contribution in [-0.2, 0) is 12.7 Å². The van der Waals surface area contributed by atoms with Crippen LogP contribution in [0.25, 0.3) is 16.7 Å². The minimum Gasteiger partial charge on any atom is -0.310 e. The lowest BCUT2D eigenvalue weighted by Gasteiger charge is -2.13. The second kappa shape index (κ2) is 7.49. The van der Waals surface area contributed by atoms with E-state index in [9.17, 15) is 18.0 Å². The molecule has 0 aliphatic rings. The van der Waals surface area contributed by atoms with Gasteiger partial charge in [-0.15, -0.1) is 0 Å². The molecule has 2 aromatic carbocycles. The van der Waals surface area contributed by atoms with E-state index in [2.05, 4.69) is 15.4 Å². The normalized spacial score (nSPS) is 11.8. The van der Waals surface area contributed by atoms with Gasteiger partial charge in [0.05, 0.1) is 28.5 Å². The number of nitrogens with one attached hydrogen (secondary N) is 1. The third kappa shape index (κ3) is 3.52. The van der Waals surface area contributed by atoms with E-state index in [-0.39, 0.29) is 16.7 Å². The molecule has 2 aromatic heterocycles. The van der Waals surface area contributed by atoms with Crippen LogP contribution in [0.4, 0.5) is 19.1 Å². The molecule has 0 aliphatic carbocycles. The van der Waals surface area contributed by atoms with Crippen molar-refractivity contribution >= 4 is 34.5 Å². The number of carbonyl (C=O) groups excluding carboxylic acids is 1. The van der Waals surface area contributed by atoms with E-state index in [0.29, 0.717) is 16.7 Å². The highest BCUT2D eigenvalue weighted by molar-refractivity contribution is 6.30. The molecule has 4 rings (SSSR count). The van der Waals surface area contributed by atoms with Crippen molar-refractivity contribution in [1.82, 2.24) is 19.3 Å². The van der Waals surface area contributed by atoms with Gasteiger partial charge in [-0.1, -0.05) is 29.8 Å². The van der Waals surface area contributed by atoms with Crippen molar-refractivity contribution in [2.45, 2.75) is 19.6 Å². The SMILES string of the molecule is CCn1c(NC(=O)c2cnn(-c3cccc(Cl)c3)c2C(F)(F)F)nc2ccccc21. The first-order valence-electron chi connectivity index (χ1n) is 8.97. The number of fused-ring (bicyclic) bond motifs is 1. The Morgan fingerprint density at radius 1 is 1.17 bits per heavy atom. The number of aryl methyl sites for hydroxylation is 1. The van der Waals surface area contributed by atoms with Gasteiger partial charge in [-0.3, -0.25) is 10.1 Å². The Kier molecular flexibility index (Phi) is 4.98. The van der Waals surface area contributed by atoms with Crippen LogP contribution in [0, 0.1) is 0 Å². The Labute approximate surface area is 173 Å². The molecule has 0 bridgehead atoms. The van der Waals surface area contributed by atoms with E-state index < -0.39 is 23.3 Å². The van der Waals surface area contributed by atoms with Gasteiger partial charge in [-0.2, -0.15) is 18.3 Å². The van der Waals surface area contributed by atoms with E-state index in [4.69, 9.17) is 11.6 Å². The lowest BCUT2D eigenvalue weighted by molar-refractivity contribution is -0.143. The van der Waals surface area contributed by atoms with Crippen molar-refractivity contribution in [3.63, 3.8) is 0 Å². The summed E-state index contributed by atoms with van der Waals surface area (Å²) in [5.41, 5.74) is -0.324. The van der Waals surface area contributed by atoms with Gasteiger partial charge in [0.15, 0.2) is 5.69 Å². The fourth-order valence-corrected chi connectivity index (χ4v) is 3.44. The summed E-state index contributed by atoms with van der Waals surface area (Å²) < 4.78 is 43.9. The Morgan fingerprint density at radius 2 is 1.93 bits per heavy atom. The van der Waals surface area contributed by atoms with Crippen LogP contribution in [-0.4, -0.2) is 25.2 Å². The van der Waals surface area contributed by atoms with Gasteiger partial charge in [0.1, 0.15) is 0 Å². The summed E-state index contributed by atoms with van der Waals surface area (Å²) in [7, 11) is 0. The van der Waals surface area contributed by atoms with Crippen LogP contribution < -0.4 is 5.32 Å². The second-order valence-electron chi connectivity index (χ2n) is 6.42. The van der Waals surface area contributed by atoms with E-state index in [1.54, 1.807) is 16.7 Å². The smallest absolute Gasteiger partial charge is 0.310 e. The van der Waals surface area contributed by atoms with Gasteiger partial charge >= 0.3 is 6.18 Å². The molecule has 0 radical (unpaired) electrons. The highest BCUT2D eigenvalue weighted by atomic mass is 35.5. The van der Waals surface area contributed by atoms with E-state index in [0.717, 1.165) is 11.7 Å². The second-order valence-corrected chi connectivity index (χ2v) is 6.86. The van der Waals surface area contributed by atoms with Crippen LogP contribution in [0.3, 0.4) is 0 Å². The molecule has 0 saturated heterocycles. The molecule has 0 spiro atoms. The first-order valence-corrected chi connectivity index (χ1v) is 9.35. The molecule has 1 amide bonds. The lowest BCUT2D eigenvalue weighted by atomic mass is 10.2. The highest BCUT2D eigenvalue weighted by Gasteiger charge is 2.40. The quantitative estimate of drug-likeness (QED) is 0.483. The number of hydrogen-bond donors (Lipinski definition) is 1. The van der Waals surface area contributed by atoms with Crippen LogP contribution in [0.5, 0.6) is 0 Å². The zero-order valence-corrected chi connectivity index (χ0v) is 16.4. The predicted octanol–water partition coefficient (Wildman–Crippen LogP) is 5.17. The average molecular weight is 434 g/mol. The topological polar surface area (TPSA) is 64.7 Å². The molecular weight excluding hydrogens is 419 g/mol. The molecule has 0 atom stereocenters. The van der Waals surface area contributed by atoms with Gasteiger partial charge in [0, 0.05) is 11.6 Å². The number of imidazole rings is 1. The fourth-order valence-electron chi connectivity index (χ4n) is 3.25. The summed E-state index contributed by atoms with van der Waals surface area (Å²) in [6.45, 7) is 2.33. The van der Waals surface area contributed by atoms with Crippen LogP contribution >= 0.6 is 11.6 Å². The minimum absolute atomic E-state index is 0.0923. The van der Waals surface area contributed by atoms with Crippen molar-refractivity contribution < 1.29 is 18.0 Å².